The Morgan fingerprint density at radius 2 is 2.10 bits per heavy atom. The third-order valence-corrected chi connectivity index (χ3v) is 6.92. The number of carbonyl (C=O) groups is 1. The van der Waals surface area contributed by atoms with Gasteiger partial charge in [-0.2, -0.15) is 5.10 Å². The summed E-state index contributed by atoms with van der Waals surface area (Å²) in [6.07, 6.45) is 2.28. The summed E-state index contributed by atoms with van der Waals surface area (Å²) in [5.74, 6) is -1.06. The summed E-state index contributed by atoms with van der Waals surface area (Å²) in [6, 6.07) is 13.9. The minimum atomic E-state index is -1.06. The van der Waals surface area contributed by atoms with Crippen LogP contribution in [0.1, 0.15) is 27.3 Å². The Morgan fingerprint density at radius 3 is 2.87 bits per heavy atom. The van der Waals surface area contributed by atoms with Crippen LogP contribution in [0.3, 0.4) is 0 Å². The predicted octanol–water partition coefficient (Wildman–Crippen LogP) is 5.39. The lowest BCUT2D eigenvalue weighted by atomic mass is 9.99. The number of thiazole rings is 2. The summed E-state index contributed by atoms with van der Waals surface area (Å²) < 4.78 is 1.11. The molecule has 3 N–H and O–H groups in total. The average molecular weight is 448 g/mol. The van der Waals surface area contributed by atoms with E-state index in [1.54, 1.807) is 11.3 Å². The van der Waals surface area contributed by atoms with E-state index in [9.17, 15) is 9.90 Å². The van der Waals surface area contributed by atoms with Gasteiger partial charge in [0.25, 0.3) is 0 Å². The van der Waals surface area contributed by atoms with E-state index >= 15 is 0 Å². The van der Waals surface area contributed by atoms with Gasteiger partial charge < -0.3 is 10.4 Å². The summed E-state index contributed by atoms with van der Waals surface area (Å²) in [4.78, 5) is 20.9. The molecular formula is C22H17N5O2S2. The second kappa shape index (κ2) is 7.93. The lowest BCUT2D eigenvalue weighted by Crippen LogP contribution is -2.19. The normalized spacial score (nSPS) is 14.3. The van der Waals surface area contributed by atoms with Crippen molar-refractivity contribution in [2.24, 2.45) is 5.10 Å². The fraction of sp³-hybridized carbons (Fsp3) is 0.0909. The molecule has 0 aliphatic carbocycles. The fourth-order valence-electron chi connectivity index (χ4n) is 3.42. The summed E-state index contributed by atoms with van der Waals surface area (Å²) in [7, 11) is 0. The molecule has 0 bridgehead atoms. The standard InChI is InChI=1S/C22H17N5O2S2/c1-2-17-19(21(28)29)25-20(30-17)12-7-8-14-13(11-12)15(9-10-23-14)26-27-22-24-16-5-3-4-6-18(16)31-22/h2-8,11,23H,1,9-10H2,(H,24,27)(H,28,29)/b26-15+. The number of benzene rings is 2. The summed E-state index contributed by atoms with van der Waals surface area (Å²) in [5, 5.41) is 18.8. The van der Waals surface area contributed by atoms with Gasteiger partial charge in [-0.25, -0.2) is 14.8 Å². The highest BCUT2D eigenvalue weighted by molar-refractivity contribution is 7.22. The van der Waals surface area contributed by atoms with E-state index in [4.69, 9.17) is 0 Å². The largest absolute Gasteiger partial charge is 0.476 e. The van der Waals surface area contributed by atoms with Crippen LogP contribution in [-0.4, -0.2) is 33.3 Å². The van der Waals surface area contributed by atoms with E-state index in [-0.39, 0.29) is 5.69 Å². The number of nitrogens with zero attached hydrogens (tertiary/aromatic N) is 3. The first kappa shape index (κ1) is 19.4. The van der Waals surface area contributed by atoms with Crippen LogP contribution in [0.5, 0.6) is 0 Å². The molecule has 31 heavy (non-hydrogen) atoms. The van der Waals surface area contributed by atoms with E-state index < -0.39 is 5.97 Å². The van der Waals surface area contributed by atoms with E-state index in [0.717, 1.165) is 50.8 Å². The molecule has 0 unspecified atom stereocenters. The lowest BCUT2D eigenvalue weighted by molar-refractivity contribution is 0.0691. The Bertz CT molecular complexity index is 1320. The van der Waals surface area contributed by atoms with E-state index in [1.807, 2.05) is 42.5 Å². The molecular weight excluding hydrogens is 430 g/mol. The number of carboxylic acid groups (broad SMARTS) is 1. The number of aromatic carboxylic acids is 1. The van der Waals surface area contributed by atoms with Gasteiger partial charge >= 0.3 is 5.97 Å². The lowest BCUT2D eigenvalue weighted by Gasteiger charge is -2.20. The highest BCUT2D eigenvalue weighted by Gasteiger charge is 2.20. The van der Waals surface area contributed by atoms with Gasteiger partial charge in [0.05, 0.1) is 20.8 Å². The number of nitrogens with one attached hydrogen (secondary N) is 2. The molecule has 2 aromatic heterocycles. The first-order valence-corrected chi connectivity index (χ1v) is 11.2. The average Bonchev–Trinajstić information content (AvgIpc) is 3.41. The Balaban J connectivity index is 1.49. The highest BCUT2D eigenvalue weighted by atomic mass is 32.1. The predicted molar refractivity (Wildman–Crippen MR) is 127 cm³/mol. The zero-order valence-corrected chi connectivity index (χ0v) is 17.9. The van der Waals surface area contributed by atoms with Crippen LogP contribution in [0, 0.1) is 0 Å². The van der Waals surface area contributed by atoms with Crippen molar-refractivity contribution in [3.05, 3.63) is 65.2 Å². The number of fused-ring (bicyclic) bond motifs is 2. The Hall–Kier alpha value is -3.56. The molecule has 5 rings (SSSR count). The number of anilines is 2. The number of rotatable bonds is 5. The molecule has 154 valence electrons. The Morgan fingerprint density at radius 1 is 1.23 bits per heavy atom. The maximum atomic E-state index is 11.4. The summed E-state index contributed by atoms with van der Waals surface area (Å²) in [6.45, 7) is 4.48. The van der Waals surface area contributed by atoms with E-state index in [2.05, 4.69) is 32.4 Å². The number of hydrogen-bond donors (Lipinski definition) is 3. The molecule has 7 nitrogen and oxygen atoms in total. The van der Waals surface area contributed by atoms with Crippen LogP contribution in [0.2, 0.25) is 0 Å². The van der Waals surface area contributed by atoms with Crippen molar-refractivity contribution in [1.29, 1.82) is 0 Å². The maximum Gasteiger partial charge on any atom is 0.356 e. The number of hydrazone groups is 1. The second-order valence-corrected chi connectivity index (χ2v) is 8.90. The van der Waals surface area contributed by atoms with Crippen molar-refractivity contribution < 1.29 is 9.90 Å². The van der Waals surface area contributed by atoms with Gasteiger partial charge in [-0.3, -0.25) is 5.43 Å². The van der Waals surface area contributed by atoms with Gasteiger partial charge in [0, 0.05) is 29.8 Å². The fourth-order valence-corrected chi connectivity index (χ4v) is 5.13. The topological polar surface area (TPSA) is 99.5 Å². The van der Waals surface area contributed by atoms with Crippen molar-refractivity contribution in [2.45, 2.75) is 6.42 Å². The quantitative estimate of drug-likeness (QED) is 0.355. The van der Waals surface area contributed by atoms with Crippen LogP contribution in [-0.2, 0) is 0 Å². The molecule has 0 spiro atoms. The molecule has 0 fully saturated rings. The van der Waals surface area contributed by atoms with Crippen molar-refractivity contribution in [3.8, 4) is 10.6 Å². The number of aromatic nitrogens is 2. The zero-order valence-electron chi connectivity index (χ0n) is 16.3. The zero-order chi connectivity index (χ0) is 21.4. The molecule has 2 aromatic carbocycles. The number of hydrogen-bond acceptors (Lipinski definition) is 8. The van der Waals surface area contributed by atoms with Gasteiger partial charge in [0.15, 0.2) is 5.69 Å². The molecule has 0 amide bonds. The monoisotopic (exact) mass is 447 g/mol. The molecule has 0 atom stereocenters. The van der Waals surface area contributed by atoms with Crippen LogP contribution in [0.25, 0.3) is 26.9 Å². The molecule has 0 saturated heterocycles. The van der Waals surface area contributed by atoms with Crippen molar-refractivity contribution in [2.75, 3.05) is 17.3 Å². The molecule has 4 aromatic rings. The first-order chi connectivity index (χ1) is 15.1. The maximum absolute atomic E-state index is 11.4. The number of carboxylic acids is 1. The molecule has 0 saturated carbocycles. The van der Waals surface area contributed by atoms with Crippen molar-refractivity contribution in [3.63, 3.8) is 0 Å². The highest BCUT2D eigenvalue weighted by Crippen LogP contribution is 2.33. The minimum absolute atomic E-state index is 0.0252. The molecule has 1 aliphatic heterocycles. The van der Waals surface area contributed by atoms with Gasteiger partial charge in [-0.1, -0.05) is 30.0 Å². The van der Waals surface area contributed by atoms with Crippen molar-refractivity contribution in [1.82, 2.24) is 9.97 Å². The SMILES string of the molecule is C=Cc1sc(-c2ccc3c(c2)/C(=N/Nc2nc4ccccc4s2)CCN3)nc1C(=O)O. The third kappa shape index (κ3) is 3.69. The van der Waals surface area contributed by atoms with Gasteiger partial charge in [0.1, 0.15) is 5.01 Å². The molecule has 3 heterocycles. The van der Waals surface area contributed by atoms with Crippen LogP contribution in [0.15, 0.2) is 54.1 Å². The molecule has 0 radical (unpaired) electrons. The van der Waals surface area contributed by atoms with E-state index in [0.29, 0.717) is 9.88 Å². The summed E-state index contributed by atoms with van der Waals surface area (Å²) in [5.41, 5.74) is 7.78. The van der Waals surface area contributed by atoms with Crippen LogP contribution >= 0.6 is 22.7 Å². The smallest absolute Gasteiger partial charge is 0.356 e. The minimum Gasteiger partial charge on any atom is -0.476 e. The third-order valence-electron chi connectivity index (χ3n) is 4.88. The van der Waals surface area contributed by atoms with Gasteiger partial charge in [0.2, 0.25) is 5.13 Å². The first-order valence-electron chi connectivity index (χ1n) is 9.56. The van der Waals surface area contributed by atoms with Crippen LogP contribution in [0.4, 0.5) is 10.8 Å². The van der Waals surface area contributed by atoms with Gasteiger partial charge in [-0.15, -0.1) is 11.3 Å². The number of para-hydroxylation sites is 1. The second-order valence-electron chi connectivity index (χ2n) is 6.84. The summed E-state index contributed by atoms with van der Waals surface area (Å²) >= 11 is 2.87. The Kier molecular flexibility index (Phi) is 4.97. The molecule has 9 heteroatoms. The van der Waals surface area contributed by atoms with Gasteiger partial charge in [-0.05, 0) is 36.4 Å². The van der Waals surface area contributed by atoms with Crippen molar-refractivity contribution >= 4 is 61.5 Å². The Labute approximate surface area is 185 Å². The molecule has 1 aliphatic rings. The van der Waals surface area contributed by atoms with E-state index in [1.165, 1.54) is 17.4 Å². The van der Waals surface area contributed by atoms with Crippen LogP contribution < -0.4 is 10.7 Å².